The lowest BCUT2D eigenvalue weighted by Crippen LogP contribution is -2.38. The molecule has 0 amide bonds. The zero-order valence-corrected chi connectivity index (χ0v) is 10.4. The fraction of sp³-hybridized carbons (Fsp3) is 0.462. The van der Waals surface area contributed by atoms with Crippen molar-refractivity contribution in [1.82, 2.24) is 5.32 Å². The van der Waals surface area contributed by atoms with Crippen molar-refractivity contribution in [2.45, 2.75) is 38.8 Å². The fourth-order valence-corrected chi connectivity index (χ4v) is 1.80. The van der Waals surface area contributed by atoms with Gasteiger partial charge in [-0.3, -0.25) is 10.1 Å². The van der Waals surface area contributed by atoms with Crippen molar-refractivity contribution in [2.24, 2.45) is 0 Å². The summed E-state index contributed by atoms with van der Waals surface area (Å²) >= 11 is 0. The van der Waals surface area contributed by atoms with Crippen molar-refractivity contribution in [3.63, 3.8) is 0 Å². The van der Waals surface area contributed by atoms with E-state index in [0.29, 0.717) is 12.8 Å². The molecule has 5 heteroatoms. The largest absolute Gasteiger partial charge is 0.480 e. The zero-order valence-electron chi connectivity index (χ0n) is 10.4. The van der Waals surface area contributed by atoms with Crippen molar-refractivity contribution in [3.05, 3.63) is 35.4 Å². The maximum absolute atomic E-state index is 13.5. The summed E-state index contributed by atoms with van der Waals surface area (Å²) in [6.45, 7) is 3.48. The van der Waals surface area contributed by atoms with E-state index in [-0.39, 0.29) is 5.56 Å². The molecule has 100 valence electrons. The molecule has 0 saturated heterocycles. The summed E-state index contributed by atoms with van der Waals surface area (Å²) in [5.74, 6) is -2.07. The normalized spacial score (nSPS) is 14.2. The Balaban J connectivity index is 2.83. The second kappa shape index (κ2) is 6.44. The van der Waals surface area contributed by atoms with Crippen molar-refractivity contribution in [3.8, 4) is 0 Å². The van der Waals surface area contributed by atoms with E-state index in [0.717, 1.165) is 18.2 Å². The second-order valence-electron chi connectivity index (χ2n) is 4.23. The molecule has 0 spiro atoms. The predicted molar refractivity (Wildman–Crippen MR) is 64.2 cm³/mol. The quantitative estimate of drug-likeness (QED) is 0.823. The van der Waals surface area contributed by atoms with Gasteiger partial charge in [0.2, 0.25) is 0 Å². The first kappa shape index (κ1) is 14.6. The van der Waals surface area contributed by atoms with Gasteiger partial charge in [-0.15, -0.1) is 0 Å². The van der Waals surface area contributed by atoms with Crippen LogP contribution in [0.4, 0.5) is 8.78 Å². The van der Waals surface area contributed by atoms with Crippen LogP contribution in [0.5, 0.6) is 0 Å². The minimum Gasteiger partial charge on any atom is -0.480 e. The van der Waals surface area contributed by atoms with E-state index in [2.05, 4.69) is 5.32 Å². The Bertz CT molecular complexity index is 423. The molecule has 2 N–H and O–H groups in total. The van der Waals surface area contributed by atoms with Gasteiger partial charge in [-0.05, 0) is 31.5 Å². The number of hydrogen-bond acceptors (Lipinski definition) is 2. The van der Waals surface area contributed by atoms with E-state index in [1.54, 1.807) is 6.92 Å². The van der Waals surface area contributed by atoms with Gasteiger partial charge in [0.15, 0.2) is 0 Å². The van der Waals surface area contributed by atoms with Gasteiger partial charge in [0, 0.05) is 11.6 Å². The van der Waals surface area contributed by atoms with Gasteiger partial charge in [-0.1, -0.05) is 13.3 Å². The number of hydrogen-bond donors (Lipinski definition) is 2. The summed E-state index contributed by atoms with van der Waals surface area (Å²) < 4.78 is 26.5. The Morgan fingerprint density at radius 3 is 2.67 bits per heavy atom. The van der Waals surface area contributed by atoms with Gasteiger partial charge in [0.25, 0.3) is 0 Å². The first-order chi connectivity index (χ1) is 8.45. The molecule has 2 atom stereocenters. The van der Waals surface area contributed by atoms with Gasteiger partial charge >= 0.3 is 5.97 Å². The average molecular weight is 257 g/mol. The first-order valence-electron chi connectivity index (χ1n) is 5.89. The maximum atomic E-state index is 13.5. The third-order valence-electron chi connectivity index (χ3n) is 2.75. The molecule has 0 bridgehead atoms. The van der Waals surface area contributed by atoms with Crippen LogP contribution in [0.1, 0.15) is 38.3 Å². The molecule has 2 unspecified atom stereocenters. The van der Waals surface area contributed by atoms with Crippen LogP contribution in [0.3, 0.4) is 0 Å². The molecule has 0 heterocycles. The summed E-state index contributed by atoms with van der Waals surface area (Å²) in [7, 11) is 0. The lowest BCUT2D eigenvalue weighted by Gasteiger charge is -2.20. The molecule has 0 aliphatic rings. The van der Waals surface area contributed by atoms with E-state index in [4.69, 9.17) is 5.11 Å². The van der Waals surface area contributed by atoms with Gasteiger partial charge in [-0.2, -0.15) is 0 Å². The number of carboxylic acid groups (broad SMARTS) is 1. The van der Waals surface area contributed by atoms with Crippen molar-refractivity contribution < 1.29 is 18.7 Å². The Morgan fingerprint density at radius 1 is 1.44 bits per heavy atom. The van der Waals surface area contributed by atoms with Crippen LogP contribution < -0.4 is 5.32 Å². The van der Waals surface area contributed by atoms with E-state index in [1.807, 2.05) is 6.92 Å². The van der Waals surface area contributed by atoms with Crippen molar-refractivity contribution >= 4 is 5.97 Å². The lowest BCUT2D eigenvalue weighted by molar-refractivity contribution is -0.139. The molecule has 0 aliphatic carbocycles. The molecular weight excluding hydrogens is 240 g/mol. The molecule has 3 nitrogen and oxygen atoms in total. The summed E-state index contributed by atoms with van der Waals surface area (Å²) in [5.41, 5.74) is 0.136. The number of aliphatic carboxylic acids is 1. The van der Waals surface area contributed by atoms with Gasteiger partial charge in [0.05, 0.1) is 0 Å². The topological polar surface area (TPSA) is 49.3 Å². The minimum atomic E-state index is -0.986. The highest BCUT2D eigenvalue weighted by Gasteiger charge is 2.21. The second-order valence-corrected chi connectivity index (χ2v) is 4.23. The third-order valence-corrected chi connectivity index (χ3v) is 2.75. The highest BCUT2D eigenvalue weighted by Crippen LogP contribution is 2.19. The van der Waals surface area contributed by atoms with Gasteiger partial charge in [-0.25, -0.2) is 8.78 Å². The minimum absolute atomic E-state index is 0.136. The molecule has 0 fully saturated rings. The van der Waals surface area contributed by atoms with E-state index >= 15 is 0 Å². The Kier molecular flexibility index (Phi) is 5.22. The average Bonchev–Trinajstić information content (AvgIpc) is 2.31. The lowest BCUT2D eigenvalue weighted by atomic mass is 10.0. The predicted octanol–water partition coefficient (Wildman–Crippen LogP) is 2.87. The molecule has 0 aromatic heterocycles. The van der Waals surface area contributed by atoms with Crippen LogP contribution in [-0.2, 0) is 4.79 Å². The maximum Gasteiger partial charge on any atom is 0.320 e. The van der Waals surface area contributed by atoms with Crippen LogP contribution in [0.25, 0.3) is 0 Å². The molecule has 0 radical (unpaired) electrons. The SMILES string of the molecule is CCCC(NC(C)c1cc(F)ccc1F)C(=O)O. The van der Waals surface area contributed by atoms with E-state index in [1.165, 1.54) is 0 Å². The van der Waals surface area contributed by atoms with Crippen molar-refractivity contribution in [1.29, 1.82) is 0 Å². The molecule has 1 aromatic rings. The monoisotopic (exact) mass is 257 g/mol. The van der Waals surface area contributed by atoms with E-state index in [9.17, 15) is 13.6 Å². The van der Waals surface area contributed by atoms with Gasteiger partial charge < -0.3 is 5.11 Å². The van der Waals surface area contributed by atoms with Gasteiger partial charge in [0.1, 0.15) is 17.7 Å². The van der Waals surface area contributed by atoms with Crippen LogP contribution in [0.15, 0.2) is 18.2 Å². The molecule has 1 aromatic carbocycles. The number of carbonyl (C=O) groups is 1. The number of rotatable bonds is 6. The van der Waals surface area contributed by atoms with Crippen LogP contribution in [0, 0.1) is 11.6 Å². The number of benzene rings is 1. The molecule has 1 rings (SSSR count). The summed E-state index contributed by atoms with van der Waals surface area (Å²) in [6, 6.07) is 1.84. The number of nitrogens with one attached hydrogen (secondary N) is 1. The fourth-order valence-electron chi connectivity index (χ4n) is 1.80. The third kappa shape index (κ3) is 3.77. The van der Waals surface area contributed by atoms with Crippen LogP contribution >= 0.6 is 0 Å². The van der Waals surface area contributed by atoms with Crippen LogP contribution in [-0.4, -0.2) is 17.1 Å². The zero-order chi connectivity index (χ0) is 13.7. The molecular formula is C13H17F2NO2. The highest BCUT2D eigenvalue weighted by atomic mass is 19.1. The molecule has 0 aliphatic heterocycles. The summed E-state index contributed by atoms with van der Waals surface area (Å²) in [4.78, 5) is 11.0. The summed E-state index contributed by atoms with van der Waals surface area (Å²) in [5, 5.41) is 11.8. The molecule has 0 saturated carbocycles. The Labute approximate surface area is 105 Å². The van der Waals surface area contributed by atoms with E-state index < -0.39 is 29.7 Å². The van der Waals surface area contributed by atoms with Crippen molar-refractivity contribution in [2.75, 3.05) is 0 Å². The number of carboxylic acids is 1. The first-order valence-corrected chi connectivity index (χ1v) is 5.89. The standard InChI is InChI=1S/C13H17F2NO2/c1-3-4-12(13(17)18)16-8(2)10-7-9(14)5-6-11(10)15/h5-8,12,16H,3-4H2,1-2H3,(H,17,18). The molecule has 18 heavy (non-hydrogen) atoms. The number of halogens is 2. The summed E-state index contributed by atoms with van der Waals surface area (Å²) in [6.07, 6.45) is 1.14. The Hall–Kier alpha value is -1.49. The highest BCUT2D eigenvalue weighted by molar-refractivity contribution is 5.73. The smallest absolute Gasteiger partial charge is 0.320 e. The Morgan fingerprint density at radius 2 is 2.11 bits per heavy atom. The van der Waals surface area contributed by atoms with Crippen LogP contribution in [0.2, 0.25) is 0 Å².